The Hall–Kier alpha value is -2.27. The lowest BCUT2D eigenvalue weighted by Gasteiger charge is -2.31. The summed E-state index contributed by atoms with van der Waals surface area (Å²) < 4.78 is 0. The van der Waals surface area contributed by atoms with Crippen molar-refractivity contribution in [2.45, 2.75) is 25.2 Å². The lowest BCUT2D eigenvalue weighted by Crippen LogP contribution is -2.29. The predicted octanol–water partition coefficient (Wildman–Crippen LogP) is 2.92. The highest BCUT2D eigenvalue weighted by atomic mass is 35.5. The van der Waals surface area contributed by atoms with Crippen molar-refractivity contribution < 1.29 is 4.79 Å². The van der Waals surface area contributed by atoms with Crippen LogP contribution in [0.25, 0.3) is 0 Å². The first-order valence-corrected chi connectivity index (χ1v) is 7.63. The zero-order valence-electron chi connectivity index (χ0n) is 11.7. The molecule has 0 fully saturated rings. The van der Waals surface area contributed by atoms with Crippen LogP contribution in [-0.2, 0) is 4.79 Å². The molecule has 1 aliphatic carbocycles. The lowest BCUT2D eigenvalue weighted by molar-refractivity contribution is -0.116. The van der Waals surface area contributed by atoms with Crippen LogP contribution >= 0.6 is 11.6 Å². The molecule has 5 nitrogen and oxygen atoms in total. The van der Waals surface area contributed by atoms with Gasteiger partial charge in [0.05, 0.1) is 5.56 Å². The summed E-state index contributed by atoms with van der Waals surface area (Å²) >= 11 is 6.35. The molecular formula is C16H14ClN3O2. The summed E-state index contributed by atoms with van der Waals surface area (Å²) in [5, 5.41) is 9.21. The van der Waals surface area contributed by atoms with Crippen LogP contribution < -0.4 is 10.9 Å². The fourth-order valence-corrected chi connectivity index (χ4v) is 3.63. The molecule has 0 amide bonds. The van der Waals surface area contributed by atoms with Gasteiger partial charge in [-0.05, 0) is 24.5 Å². The molecule has 0 radical (unpaired) electrons. The second-order valence-corrected chi connectivity index (χ2v) is 6.02. The van der Waals surface area contributed by atoms with Gasteiger partial charge in [-0.3, -0.25) is 19.8 Å². The average molecular weight is 316 g/mol. The number of rotatable bonds is 1. The molecule has 3 N–H and O–H groups in total. The minimum absolute atomic E-state index is 0.0879. The summed E-state index contributed by atoms with van der Waals surface area (Å²) in [5.41, 5.74) is 2.67. The topological polar surface area (TPSA) is 77.8 Å². The Labute approximate surface area is 131 Å². The third-order valence-corrected chi connectivity index (χ3v) is 4.68. The van der Waals surface area contributed by atoms with Crippen molar-refractivity contribution >= 4 is 23.2 Å². The van der Waals surface area contributed by atoms with Gasteiger partial charge in [-0.2, -0.15) is 0 Å². The quantitative estimate of drug-likeness (QED) is 0.757. The number of nitrogens with one attached hydrogen (secondary N) is 3. The number of aromatic nitrogens is 2. The number of carbonyl (C=O) groups is 1. The van der Waals surface area contributed by atoms with E-state index in [1.807, 2.05) is 18.2 Å². The molecule has 1 aliphatic heterocycles. The maximum Gasteiger partial charge on any atom is 0.270 e. The maximum atomic E-state index is 12.5. The molecule has 1 aromatic carbocycles. The van der Waals surface area contributed by atoms with Crippen molar-refractivity contribution in [2.75, 3.05) is 5.32 Å². The Morgan fingerprint density at radius 2 is 1.91 bits per heavy atom. The summed E-state index contributed by atoms with van der Waals surface area (Å²) in [4.78, 5) is 24.7. The number of fused-ring (bicyclic) bond motifs is 1. The molecule has 0 spiro atoms. The summed E-state index contributed by atoms with van der Waals surface area (Å²) in [6.45, 7) is 0. The number of halogens is 1. The predicted molar refractivity (Wildman–Crippen MR) is 84.2 cm³/mol. The van der Waals surface area contributed by atoms with Gasteiger partial charge >= 0.3 is 0 Å². The first-order valence-electron chi connectivity index (χ1n) is 7.25. The first kappa shape index (κ1) is 13.4. The van der Waals surface area contributed by atoms with Gasteiger partial charge in [0.1, 0.15) is 5.82 Å². The molecule has 22 heavy (non-hydrogen) atoms. The largest absolute Gasteiger partial charge is 0.343 e. The van der Waals surface area contributed by atoms with E-state index in [1.54, 1.807) is 6.07 Å². The van der Waals surface area contributed by atoms with Crippen LogP contribution in [0.3, 0.4) is 0 Å². The normalized spacial score (nSPS) is 20.4. The van der Waals surface area contributed by atoms with Crippen molar-refractivity contribution in [1.29, 1.82) is 0 Å². The lowest BCUT2D eigenvalue weighted by atomic mass is 9.77. The molecule has 6 heteroatoms. The number of hydrogen-bond donors (Lipinski definition) is 3. The van der Waals surface area contributed by atoms with Gasteiger partial charge in [-0.1, -0.05) is 29.8 Å². The van der Waals surface area contributed by atoms with Gasteiger partial charge in [0.15, 0.2) is 5.78 Å². The molecule has 2 heterocycles. The van der Waals surface area contributed by atoms with Crippen molar-refractivity contribution in [3.8, 4) is 0 Å². The van der Waals surface area contributed by atoms with E-state index < -0.39 is 5.92 Å². The number of aromatic amines is 2. The number of benzene rings is 1. The highest BCUT2D eigenvalue weighted by Crippen LogP contribution is 2.44. The summed E-state index contributed by atoms with van der Waals surface area (Å²) in [6, 6.07) is 7.37. The van der Waals surface area contributed by atoms with E-state index in [0.29, 0.717) is 28.4 Å². The van der Waals surface area contributed by atoms with Gasteiger partial charge in [0, 0.05) is 28.6 Å². The maximum absolute atomic E-state index is 12.5. The van der Waals surface area contributed by atoms with Crippen molar-refractivity contribution in [3.63, 3.8) is 0 Å². The van der Waals surface area contributed by atoms with Crippen LogP contribution in [0, 0.1) is 0 Å². The second kappa shape index (κ2) is 4.88. The Balaban J connectivity index is 2.01. The number of H-pyrrole nitrogens is 2. The fourth-order valence-electron chi connectivity index (χ4n) is 3.39. The Morgan fingerprint density at radius 3 is 2.73 bits per heavy atom. The molecule has 4 rings (SSSR count). The molecule has 2 aliphatic rings. The summed E-state index contributed by atoms with van der Waals surface area (Å²) in [5.74, 6) is 0.302. The van der Waals surface area contributed by atoms with Crippen LogP contribution in [-0.4, -0.2) is 16.0 Å². The monoisotopic (exact) mass is 315 g/mol. The van der Waals surface area contributed by atoms with Gasteiger partial charge in [-0.15, -0.1) is 0 Å². The zero-order valence-corrected chi connectivity index (χ0v) is 12.5. The standard InChI is InChI=1S/C16H14ClN3O2/c17-9-5-2-1-4-8(9)12-13-10(6-3-7-11(13)21)18-15-14(12)16(22)20-19-15/h1-2,4-5,12H,3,6-7H2,(H3,18,19,20,22). The van der Waals surface area contributed by atoms with E-state index in [0.717, 1.165) is 24.1 Å². The molecule has 1 unspecified atom stereocenters. The van der Waals surface area contributed by atoms with Crippen molar-refractivity contribution in [2.24, 2.45) is 0 Å². The highest BCUT2D eigenvalue weighted by Gasteiger charge is 2.38. The van der Waals surface area contributed by atoms with Crippen molar-refractivity contribution in [1.82, 2.24) is 10.2 Å². The van der Waals surface area contributed by atoms with E-state index in [1.165, 1.54) is 0 Å². The number of Topliss-reactive ketones (excluding diaryl/α,β-unsaturated/α-hetero) is 1. The zero-order chi connectivity index (χ0) is 15.3. The smallest absolute Gasteiger partial charge is 0.270 e. The third kappa shape index (κ3) is 1.85. The Morgan fingerprint density at radius 1 is 1.09 bits per heavy atom. The van der Waals surface area contributed by atoms with Gasteiger partial charge in [0.25, 0.3) is 5.56 Å². The number of carbonyl (C=O) groups excluding carboxylic acids is 1. The minimum Gasteiger partial charge on any atom is -0.343 e. The number of ketones is 1. The Kier molecular flexibility index (Phi) is 2.97. The van der Waals surface area contributed by atoms with Crippen LogP contribution in [0.15, 0.2) is 40.3 Å². The molecule has 112 valence electrons. The van der Waals surface area contributed by atoms with E-state index in [-0.39, 0.29) is 11.3 Å². The molecule has 1 aromatic heterocycles. The van der Waals surface area contributed by atoms with E-state index in [2.05, 4.69) is 15.5 Å². The SMILES string of the molecule is O=C1CCCC2=C1C(c1ccccc1Cl)c1c([nH][nH]c1=O)N2. The number of anilines is 1. The van der Waals surface area contributed by atoms with Crippen LogP contribution in [0.5, 0.6) is 0 Å². The third-order valence-electron chi connectivity index (χ3n) is 4.34. The van der Waals surface area contributed by atoms with E-state index in [4.69, 9.17) is 11.6 Å². The second-order valence-electron chi connectivity index (χ2n) is 5.62. The molecule has 0 saturated carbocycles. The average Bonchev–Trinajstić information content (AvgIpc) is 2.88. The number of hydrogen-bond acceptors (Lipinski definition) is 3. The van der Waals surface area contributed by atoms with Gasteiger partial charge < -0.3 is 5.32 Å². The number of allylic oxidation sites excluding steroid dienone is 2. The summed E-state index contributed by atoms with van der Waals surface area (Å²) in [6.07, 6.45) is 2.14. The molecular weight excluding hydrogens is 302 g/mol. The van der Waals surface area contributed by atoms with Crippen molar-refractivity contribution in [3.05, 3.63) is 62.0 Å². The van der Waals surface area contributed by atoms with Gasteiger partial charge in [-0.25, -0.2) is 0 Å². The van der Waals surface area contributed by atoms with E-state index in [9.17, 15) is 9.59 Å². The van der Waals surface area contributed by atoms with Crippen LogP contribution in [0.1, 0.15) is 36.3 Å². The minimum atomic E-state index is -0.414. The molecule has 1 atom stereocenters. The summed E-state index contributed by atoms with van der Waals surface area (Å²) in [7, 11) is 0. The van der Waals surface area contributed by atoms with Crippen LogP contribution in [0.2, 0.25) is 5.02 Å². The highest BCUT2D eigenvalue weighted by molar-refractivity contribution is 6.31. The molecule has 0 saturated heterocycles. The molecule has 2 aromatic rings. The van der Waals surface area contributed by atoms with E-state index >= 15 is 0 Å². The molecule has 0 bridgehead atoms. The van der Waals surface area contributed by atoms with Gasteiger partial charge in [0.2, 0.25) is 0 Å². The first-order chi connectivity index (χ1) is 10.7. The van der Waals surface area contributed by atoms with Crippen LogP contribution in [0.4, 0.5) is 5.82 Å². The fraction of sp³-hybridized carbons (Fsp3) is 0.250. The Bertz CT molecular complexity index is 862.